The highest BCUT2D eigenvalue weighted by Crippen LogP contribution is 2.55. The quantitative estimate of drug-likeness (QED) is 0.331. The molecule has 0 saturated heterocycles. The van der Waals surface area contributed by atoms with Gasteiger partial charge in [-0.25, -0.2) is 4.79 Å². The maximum atomic E-state index is 13.0. The first-order valence-corrected chi connectivity index (χ1v) is 11.3. The Morgan fingerprint density at radius 1 is 1.17 bits per heavy atom. The summed E-state index contributed by atoms with van der Waals surface area (Å²) in [6, 6.07) is 2.09. The van der Waals surface area contributed by atoms with E-state index in [1.807, 2.05) is 6.92 Å². The van der Waals surface area contributed by atoms with Gasteiger partial charge in [-0.2, -0.15) is 0 Å². The lowest BCUT2D eigenvalue weighted by Gasteiger charge is -2.47. The van der Waals surface area contributed by atoms with Crippen molar-refractivity contribution in [3.8, 4) is 11.5 Å². The van der Waals surface area contributed by atoms with Crippen LogP contribution in [0.1, 0.15) is 101 Å². The highest BCUT2D eigenvalue weighted by Gasteiger charge is 2.47. The Morgan fingerprint density at radius 3 is 2.69 bits per heavy atom. The van der Waals surface area contributed by atoms with Gasteiger partial charge in [0.1, 0.15) is 22.7 Å². The summed E-state index contributed by atoms with van der Waals surface area (Å²) < 4.78 is 18.5. The molecule has 1 aromatic rings. The van der Waals surface area contributed by atoms with Gasteiger partial charge in [0.15, 0.2) is 0 Å². The zero-order chi connectivity index (χ0) is 20.8. The molecule has 0 bridgehead atoms. The van der Waals surface area contributed by atoms with Crippen molar-refractivity contribution in [2.75, 3.05) is 0 Å². The minimum Gasteiger partial charge on any atom is -0.487 e. The topological polar surface area (TPSA) is 44.8 Å². The minimum absolute atomic E-state index is 0.212. The molecule has 1 aromatic carbocycles. The molecule has 0 aromatic heterocycles. The van der Waals surface area contributed by atoms with E-state index in [4.69, 9.17) is 14.2 Å². The van der Waals surface area contributed by atoms with Gasteiger partial charge in [-0.05, 0) is 58.1 Å². The fourth-order valence-corrected chi connectivity index (χ4v) is 5.20. The van der Waals surface area contributed by atoms with Crippen molar-refractivity contribution >= 4 is 5.97 Å². The average molecular weight is 399 g/mol. The number of rotatable bonds is 5. The van der Waals surface area contributed by atoms with Crippen molar-refractivity contribution in [1.82, 2.24) is 0 Å². The number of unbranched alkanes of at least 4 members (excludes halogenated alkanes) is 2. The largest absolute Gasteiger partial charge is 0.487 e. The van der Waals surface area contributed by atoms with Crippen molar-refractivity contribution < 1.29 is 19.0 Å². The summed E-state index contributed by atoms with van der Waals surface area (Å²) in [5.41, 5.74) is 3.84. The van der Waals surface area contributed by atoms with Crippen LogP contribution < -0.4 is 9.47 Å². The summed E-state index contributed by atoms with van der Waals surface area (Å²) in [5.74, 6) is 1.94. The number of allylic oxidation sites excluding steroid dienone is 2. The summed E-state index contributed by atoms with van der Waals surface area (Å²) in [4.78, 5) is 13.0. The smallest absolute Gasteiger partial charge is 0.345 e. The Bertz CT molecular complexity index is 836. The predicted molar refractivity (Wildman–Crippen MR) is 114 cm³/mol. The van der Waals surface area contributed by atoms with E-state index in [0.29, 0.717) is 23.7 Å². The van der Waals surface area contributed by atoms with Crippen LogP contribution >= 0.6 is 0 Å². The number of esters is 1. The van der Waals surface area contributed by atoms with Crippen LogP contribution in [-0.2, 0) is 11.2 Å². The zero-order valence-electron chi connectivity index (χ0n) is 18.5. The van der Waals surface area contributed by atoms with Gasteiger partial charge in [-0.3, -0.25) is 0 Å². The molecule has 0 N–H and O–H groups in total. The number of carbonyl (C=O) groups excluding carboxylic acids is 1. The first-order valence-electron chi connectivity index (χ1n) is 11.3. The second kappa shape index (κ2) is 7.70. The van der Waals surface area contributed by atoms with Crippen molar-refractivity contribution in [3.05, 3.63) is 34.4 Å². The van der Waals surface area contributed by atoms with E-state index in [0.717, 1.165) is 55.4 Å². The van der Waals surface area contributed by atoms with Crippen LogP contribution in [0.25, 0.3) is 0 Å². The summed E-state index contributed by atoms with van der Waals surface area (Å²) >= 11 is 0. The Labute approximate surface area is 174 Å². The molecule has 3 atom stereocenters. The van der Waals surface area contributed by atoms with Gasteiger partial charge in [0.05, 0.1) is 0 Å². The van der Waals surface area contributed by atoms with Gasteiger partial charge < -0.3 is 14.2 Å². The lowest BCUT2D eigenvalue weighted by Crippen LogP contribution is -2.46. The van der Waals surface area contributed by atoms with E-state index in [1.54, 1.807) is 0 Å². The molecular formula is C25H34O4. The predicted octanol–water partition coefficient (Wildman–Crippen LogP) is 6.32. The molecule has 1 aliphatic carbocycles. The first kappa shape index (κ1) is 20.3. The van der Waals surface area contributed by atoms with Crippen LogP contribution in [0.4, 0.5) is 0 Å². The van der Waals surface area contributed by atoms with Gasteiger partial charge >= 0.3 is 5.97 Å². The summed E-state index contributed by atoms with van der Waals surface area (Å²) in [6.45, 7) is 10.8. The lowest BCUT2D eigenvalue weighted by molar-refractivity contribution is -0.0637. The fourth-order valence-electron chi connectivity index (χ4n) is 5.20. The Hall–Kier alpha value is -1.97. The van der Waals surface area contributed by atoms with Crippen molar-refractivity contribution in [2.45, 2.75) is 97.4 Å². The zero-order valence-corrected chi connectivity index (χ0v) is 18.5. The summed E-state index contributed by atoms with van der Waals surface area (Å²) in [6.07, 6.45) is 8.84. The van der Waals surface area contributed by atoms with Gasteiger partial charge in [-0.15, -0.1) is 0 Å². The van der Waals surface area contributed by atoms with E-state index in [1.165, 1.54) is 5.57 Å². The monoisotopic (exact) mass is 398 g/mol. The molecule has 4 nitrogen and oxygen atoms in total. The number of hydrogen-bond donors (Lipinski definition) is 0. The molecule has 2 aliphatic heterocycles. The van der Waals surface area contributed by atoms with E-state index >= 15 is 0 Å². The Kier molecular flexibility index (Phi) is 5.39. The van der Waals surface area contributed by atoms with Gasteiger partial charge in [-0.1, -0.05) is 38.3 Å². The molecule has 4 heteroatoms. The average Bonchev–Trinajstić information content (AvgIpc) is 2.66. The highest BCUT2D eigenvalue weighted by atomic mass is 16.7. The number of benzene rings is 1. The van der Waals surface area contributed by atoms with Gasteiger partial charge in [0, 0.05) is 23.8 Å². The van der Waals surface area contributed by atoms with Crippen LogP contribution in [0.5, 0.6) is 11.5 Å². The van der Waals surface area contributed by atoms with E-state index in [-0.39, 0.29) is 17.5 Å². The summed E-state index contributed by atoms with van der Waals surface area (Å²) in [5, 5.41) is 0. The van der Waals surface area contributed by atoms with Gasteiger partial charge in [0.25, 0.3) is 0 Å². The normalized spacial score (nSPS) is 26.9. The maximum absolute atomic E-state index is 13.0. The van der Waals surface area contributed by atoms with Crippen molar-refractivity contribution in [1.29, 1.82) is 0 Å². The molecule has 4 rings (SSSR count). The molecule has 0 radical (unpaired) electrons. The van der Waals surface area contributed by atoms with E-state index in [9.17, 15) is 4.79 Å². The third kappa shape index (κ3) is 3.55. The fraction of sp³-hybridized carbons (Fsp3) is 0.640. The van der Waals surface area contributed by atoms with E-state index < -0.39 is 6.29 Å². The Balaban J connectivity index is 1.89. The molecule has 3 aliphatic rings. The standard InChI is InChI=1S/C25H34O4/c1-6-8-9-10-16-14-19-22(23-21(16)24(26)28-20(7-2)27-23)17-13-15(3)11-12-18(17)25(4,5)29-19/h13-14,17-18,20H,6-12H2,1-5H3. The van der Waals surface area contributed by atoms with Gasteiger partial charge in [0.2, 0.25) is 6.29 Å². The third-order valence-corrected chi connectivity index (χ3v) is 6.79. The number of cyclic esters (lactones) is 1. The maximum Gasteiger partial charge on any atom is 0.345 e. The summed E-state index contributed by atoms with van der Waals surface area (Å²) in [7, 11) is 0. The molecule has 0 saturated carbocycles. The second-order valence-corrected chi connectivity index (χ2v) is 9.36. The number of hydrogen-bond acceptors (Lipinski definition) is 4. The SMILES string of the molecule is CCCCCc1cc2c(c3c1C(=O)OC(CC)O3)C1C=C(C)CCC1C(C)(C)O2. The molecule has 2 heterocycles. The first-order chi connectivity index (χ1) is 13.9. The Morgan fingerprint density at radius 2 is 1.97 bits per heavy atom. The van der Waals surface area contributed by atoms with Crippen LogP contribution in [0.3, 0.4) is 0 Å². The molecule has 3 unspecified atom stereocenters. The molecule has 0 amide bonds. The van der Waals surface area contributed by atoms with Crippen LogP contribution in [0.15, 0.2) is 17.7 Å². The number of carbonyl (C=O) groups is 1. The van der Waals surface area contributed by atoms with Crippen molar-refractivity contribution in [3.63, 3.8) is 0 Å². The number of ether oxygens (including phenoxy) is 3. The highest BCUT2D eigenvalue weighted by molar-refractivity contribution is 5.96. The molecular weight excluding hydrogens is 364 g/mol. The third-order valence-electron chi connectivity index (χ3n) is 6.79. The molecule has 158 valence electrons. The molecule has 0 fully saturated rings. The minimum atomic E-state index is -0.521. The van der Waals surface area contributed by atoms with E-state index in [2.05, 4.69) is 39.8 Å². The number of fused-ring (bicyclic) bond motifs is 5. The van der Waals surface area contributed by atoms with Crippen LogP contribution in [-0.4, -0.2) is 17.9 Å². The lowest BCUT2D eigenvalue weighted by atomic mass is 9.67. The molecule has 0 spiro atoms. The number of aryl methyl sites for hydroxylation is 1. The van der Waals surface area contributed by atoms with Crippen LogP contribution in [0.2, 0.25) is 0 Å². The second-order valence-electron chi connectivity index (χ2n) is 9.36. The van der Waals surface area contributed by atoms with Crippen molar-refractivity contribution in [2.24, 2.45) is 5.92 Å². The molecule has 29 heavy (non-hydrogen) atoms. The van der Waals surface area contributed by atoms with Crippen LogP contribution in [0, 0.1) is 5.92 Å².